The van der Waals surface area contributed by atoms with Crippen molar-refractivity contribution in [3.63, 3.8) is 0 Å². The van der Waals surface area contributed by atoms with Gasteiger partial charge in [0, 0.05) is 3.92 Å². The zero-order chi connectivity index (χ0) is 6.85. The van der Waals surface area contributed by atoms with Crippen LogP contribution in [0.4, 0.5) is 0 Å². The fourth-order valence-corrected chi connectivity index (χ4v) is 1.96. The first kappa shape index (κ1) is 7.79. The molecular weight excluding hydrogens is 225 g/mol. The number of halogens is 1. The Morgan fingerprint density at radius 3 is 2.67 bits per heavy atom. The van der Waals surface area contributed by atoms with Gasteiger partial charge in [-0.25, -0.2) is 0 Å². The Balaban J connectivity index is 2.05. The van der Waals surface area contributed by atoms with Crippen molar-refractivity contribution in [1.29, 1.82) is 0 Å². The molecule has 0 radical (unpaired) electrons. The zero-order valence-electron chi connectivity index (χ0n) is 5.81. The van der Waals surface area contributed by atoms with Gasteiger partial charge in [-0.3, -0.25) is 0 Å². The molecule has 2 heteroatoms. The lowest BCUT2D eigenvalue weighted by Gasteiger charge is -1.99. The molecule has 54 valence electrons. The van der Waals surface area contributed by atoms with Gasteiger partial charge >= 0.3 is 0 Å². The van der Waals surface area contributed by atoms with Crippen LogP contribution in [0.3, 0.4) is 0 Å². The standard InChI is InChI=1S/C7H14IN/c1-5(8)2-6-3-7(6)4-9/h5-7H,2-4,9H2,1H3. The van der Waals surface area contributed by atoms with Gasteiger partial charge < -0.3 is 5.73 Å². The summed E-state index contributed by atoms with van der Waals surface area (Å²) in [5, 5.41) is 0. The van der Waals surface area contributed by atoms with Gasteiger partial charge in [-0.15, -0.1) is 0 Å². The summed E-state index contributed by atoms with van der Waals surface area (Å²) >= 11 is 2.48. The molecule has 0 aliphatic heterocycles. The van der Waals surface area contributed by atoms with Crippen LogP contribution in [0, 0.1) is 11.8 Å². The molecule has 0 aromatic carbocycles. The van der Waals surface area contributed by atoms with E-state index in [2.05, 4.69) is 29.5 Å². The largest absolute Gasteiger partial charge is 0.330 e. The minimum Gasteiger partial charge on any atom is -0.330 e. The van der Waals surface area contributed by atoms with Gasteiger partial charge in [0.1, 0.15) is 0 Å². The second kappa shape index (κ2) is 3.19. The molecule has 1 aliphatic carbocycles. The van der Waals surface area contributed by atoms with Gasteiger partial charge in [0.05, 0.1) is 0 Å². The fourth-order valence-electron chi connectivity index (χ4n) is 1.30. The highest BCUT2D eigenvalue weighted by Gasteiger charge is 2.35. The van der Waals surface area contributed by atoms with Gasteiger partial charge in [-0.1, -0.05) is 29.5 Å². The third-order valence-electron chi connectivity index (χ3n) is 2.00. The first-order chi connectivity index (χ1) is 4.24. The van der Waals surface area contributed by atoms with Crippen LogP contribution < -0.4 is 5.73 Å². The second-order valence-corrected chi connectivity index (χ2v) is 5.13. The van der Waals surface area contributed by atoms with Gasteiger partial charge in [-0.05, 0) is 31.2 Å². The Morgan fingerprint density at radius 2 is 2.33 bits per heavy atom. The molecule has 9 heavy (non-hydrogen) atoms. The Bertz CT molecular complexity index is 92.9. The Morgan fingerprint density at radius 1 is 1.67 bits per heavy atom. The van der Waals surface area contributed by atoms with Crippen molar-refractivity contribution >= 4 is 22.6 Å². The fraction of sp³-hybridized carbons (Fsp3) is 1.00. The molecule has 0 spiro atoms. The minimum atomic E-state index is 0.837. The molecule has 0 aromatic rings. The molecule has 1 fully saturated rings. The van der Waals surface area contributed by atoms with E-state index in [1.807, 2.05) is 0 Å². The van der Waals surface area contributed by atoms with E-state index in [9.17, 15) is 0 Å². The average Bonchev–Trinajstić information content (AvgIpc) is 2.45. The smallest absolute Gasteiger partial charge is 0.00840 e. The summed E-state index contributed by atoms with van der Waals surface area (Å²) in [6, 6.07) is 0. The first-order valence-corrected chi connectivity index (χ1v) is 4.82. The monoisotopic (exact) mass is 239 g/mol. The van der Waals surface area contributed by atoms with E-state index in [0.717, 1.165) is 22.3 Å². The van der Waals surface area contributed by atoms with Crippen LogP contribution in [-0.2, 0) is 0 Å². The predicted octanol–water partition coefficient (Wildman–Crippen LogP) is 1.79. The second-order valence-electron chi connectivity index (χ2n) is 3.01. The number of nitrogens with two attached hydrogens (primary N) is 1. The third-order valence-corrected chi connectivity index (χ3v) is 2.51. The molecule has 1 rings (SSSR count). The maximum absolute atomic E-state index is 5.50. The van der Waals surface area contributed by atoms with E-state index in [-0.39, 0.29) is 0 Å². The summed E-state index contributed by atoms with van der Waals surface area (Å²) in [6.45, 7) is 3.18. The lowest BCUT2D eigenvalue weighted by atomic mass is 10.2. The highest BCUT2D eigenvalue weighted by molar-refractivity contribution is 14.1. The Hall–Kier alpha value is 0.690. The van der Waals surface area contributed by atoms with E-state index in [0.29, 0.717) is 0 Å². The van der Waals surface area contributed by atoms with Crippen LogP contribution in [0.25, 0.3) is 0 Å². The highest BCUT2D eigenvalue weighted by Crippen LogP contribution is 2.41. The summed E-state index contributed by atoms with van der Waals surface area (Å²) < 4.78 is 0.837. The minimum absolute atomic E-state index is 0.837. The number of hydrogen-bond donors (Lipinski definition) is 1. The average molecular weight is 239 g/mol. The van der Waals surface area contributed by atoms with Crippen molar-refractivity contribution in [2.75, 3.05) is 6.54 Å². The summed E-state index contributed by atoms with van der Waals surface area (Å²) in [5.41, 5.74) is 5.50. The number of alkyl halides is 1. The molecule has 1 saturated carbocycles. The maximum atomic E-state index is 5.50. The van der Waals surface area contributed by atoms with Gasteiger partial charge in [0.2, 0.25) is 0 Å². The SMILES string of the molecule is CC(I)CC1CC1CN. The van der Waals surface area contributed by atoms with Crippen molar-refractivity contribution < 1.29 is 0 Å². The van der Waals surface area contributed by atoms with Crippen LogP contribution in [0.5, 0.6) is 0 Å². The first-order valence-electron chi connectivity index (χ1n) is 3.58. The van der Waals surface area contributed by atoms with Crippen molar-refractivity contribution in [1.82, 2.24) is 0 Å². The van der Waals surface area contributed by atoms with Crippen LogP contribution in [-0.4, -0.2) is 10.5 Å². The molecule has 0 bridgehead atoms. The van der Waals surface area contributed by atoms with E-state index in [4.69, 9.17) is 5.73 Å². The maximum Gasteiger partial charge on any atom is 0.00840 e. The normalized spacial score (nSPS) is 36.3. The zero-order valence-corrected chi connectivity index (χ0v) is 7.97. The molecule has 0 heterocycles. The third kappa shape index (κ3) is 2.42. The van der Waals surface area contributed by atoms with Crippen LogP contribution >= 0.6 is 22.6 Å². The van der Waals surface area contributed by atoms with Gasteiger partial charge in [0.15, 0.2) is 0 Å². The quantitative estimate of drug-likeness (QED) is 0.589. The summed E-state index contributed by atoms with van der Waals surface area (Å²) in [7, 11) is 0. The number of hydrogen-bond acceptors (Lipinski definition) is 1. The van der Waals surface area contributed by atoms with E-state index >= 15 is 0 Å². The van der Waals surface area contributed by atoms with Crippen LogP contribution in [0.15, 0.2) is 0 Å². The topological polar surface area (TPSA) is 26.0 Å². The predicted molar refractivity (Wildman–Crippen MR) is 48.8 cm³/mol. The van der Waals surface area contributed by atoms with Crippen molar-refractivity contribution in [3.8, 4) is 0 Å². The molecule has 0 amide bonds. The molecule has 0 saturated heterocycles. The van der Waals surface area contributed by atoms with Crippen LogP contribution in [0.1, 0.15) is 19.8 Å². The van der Waals surface area contributed by atoms with Crippen molar-refractivity contribution in [3.05, 3.63) is 0 Å². The highest BCUT2D eigenvalue weighted by atomic mass is 127. The molecule has 0 aromatic heterocycles. The molecule has 2 N–H and O–H groups in total. The van der Waals surface area contributed by atoms with E-state index < -0.39 is 0 Å². The Kier molecular flexibility index (Phi) is 2.76. The molecular formula is C7H14IN. The summed E-state index contributed by atoms with van der Waals surface area (Å²) in [6.07, 6.45) is 2.77. The van der Waals surface area contributed by atoms with Crippen molar-refractivity contribution in [2.45, 2.75) is 23.7 Å². The number of rotatable bonds is 3. The van der Waals surface area contributed by atoms with E-state index in [1.165, 1.54) is 12.8 Å². The van der Waals surface area contributed by atoms with E-state index in [1.54, 1.807) is 0 Å². The lowest BCUT2D eigenvalue weighted by molar-refractivity contribution is 0.656. The Labute approximate surface area is 70.5 Å². The van der Waals surface area contributed by atoms with Gasteiger partial charge in [0.25, 0.3) is 0 Å². The summed E-state index contributed by atoms with van der Waals surface area (Å²) in [4.78, 5) is 0. The summed E-state index contributed by atoms with van der Waals surface area (Å²) in [5.74, 6) is 1.85. The van der Waals surface area contributed by atoms with Crippen molar-refractivity contribution in [2.24, 2.45) is 17.6 Å². The molecule has 3 atom stereocenters. The van der Waals surface area contributed by atoms with Crippen LogP contribution in [0.2, 0.25) is 0 Å². The molecule has 1 nitrogen and oxygen atoms in total. The lowest BCUT2D eigenvalue weighted by Crippen LogP contribution is -2.03. The molecule has 3 unspecified atom stereocenters. The van der Waals surface area contributed by atoms with Gasteiger partial charge in [-0.2, -0.15) is 0 Å². The molecule has 1 aliphatic rings.